The average molecular weight is 378 g/mol. The molecule has 4 rings (SSSR count). The summed E-state index contributed by atoms with van der Waals surface area (Å²) in [5, 5.41) is 11.5. The van der Waals surface area contributed by atoms with E-state index in [-0.39, 0.29) is 5.69 Å². The van der Waals surface area contributed by atoms with Gasteiger partial charge in [0.25, 0.3) is 0 Å². The summed E-state index contributed by atoms with van der Waals surface area (Å²) in [7, 11) is 0. The van der Waals surface area contributed by atoms with E-state index in [1.54, 1.807) is 0 Å². The quantitative estimate of drug-likeness (QED) is 0.719. The van der Waals surface area contributed by atoms with Crippen LogP contribution in [0.2, 0.25) is 5.02 Å². The van der Waals surface area contributed by atoms with Crippen LogP contribution >= 0.6 is 22.9 Å². The maximum atomic E-state index is 12.4. The number of hydrogen-bond acceptors (Lipinski definition) is 5. The van der Waals surface area contributed by atoms with Gasteiger partial charge in [-0.2, -0.15) is 0 Å². The third kappa shape index (κ3) is 3.46. The molecule has 25 heavy (non-hydrogen) atoms. The van der Waals surface area contributed by atoms with Crippen LogP contribution in [-0.2, 0) is 6.67 Å². The zero-order valence-corrected chi connectivity index (χ0v) is 15.1. The molecule has 7 nitrogen and oxygen atoms in total. The molecule has 1 N–H and O–H groups in total. The van der Waals surface area contributed by atoms with Crippen molar-refractivity contribution in [3.63, 3.8) is 0 Å². The molecule has 0 atom stereocenters. The van der Waals surface area contributed by atoms with E-state index in [0.29, 0.717) is 6.67 Å². The topological polar surface area (TPSA) is 60.4 Å². The summed E-state index contributed by atoms with van der Waals surface area (Å²) in [6, 6.07) is 11.7. The van der Waals surface area contributed by atoms with Crippen LogP contribution in [0.1, 0.15) is 0 Å². The second-order valence-corrected chi connectivity index (χ2v) is 7.36. The van der Waals surface area contributed by atoms with Crippen LogP contribution in [0.4, 0.5) is 5.69 Å². The first-order valence-corrected chi connectivity index (χ1v) is 9.37. The normalized spacial score (nSPS) is 15.6. The van der Waals surface area contributed by atoms with Gasteiger partial charge in [0, 0.05) is 10.7 Å². The molecule has 130 valence electrons. The predicted octanol–water partition coefficient (Wildman–Crippen LogP) is 0.507. The minimum Gasteiger partial charge on any atom is -0.360 e. The molecule has 0 unspecified atom stereocenters. The standard InChI is InChI=1S/C16H17ClN6OS/c17-13-3-1-4-14(11-13)21-8-6-20(7-9-21)12-22-16(24)23(19-18-22)15-5-2-10-25-15/h1-5,10-11H,6-9,12H2/p+1. The highest BCUT2D eigenvalue weighted by molar-refractivity contribution is 7.12. The fourth-order valence-corrected chi connectivity index (χ4v) is 3.88. The maximum absolute atomic E-state index is 12.4. The molecule has 0 aliphatic carbocycles. The van der Waals surface area contributed by atoms with E-state index in [1.165, 1.54) is 25.6 Å². The Hall–Kier alpha value is -2.16. The number of nitrogens with zero attached hydrogens (tertiary/aromatic N) is 5. The summed E-state index contributed by atoms with van der Waals surface area (Å²) in [5.74, 6) is 0. The molecule has 3 aromatic rings. The summed E-state index contributed by atoms with van der Waals surface area (Å²) in [5.41, 5.74) is 0.958. The lowest BCUT2D eigenvalue weighted by atomic mass is 10.2. The first kappa shape index (κ1) is 16.3. The molecule has 1 aliphatic heterocycles. The maximum Gasteiger partial charge on any atom is 0.374 e. The van der Waals surface area contributed by atoms with Crippen molar-refractivity contribution in [2.45, 2.75) is 6.67 Å². The molecule has 1 saturated heterocycles. The fraction of sp³-hybridized carbons (Fsp3) is 0.312. The van der Waals surface area contributed by atoms with Gasteiger partial charge >= 0.3 is 5.69 Å². The third-order valence-electron chi connectivity index (χ3n) is 4.37. The second kappa shape index (κ2) is 6.99. The number of halogens is 1. The molecule has 2 aromatic heterocycles. The zero-order valence-electron chi connectivity index (χ0n) is 13.5. The predicted molar refractivity (Wildman–Crippen MR) is 97.9 cm³/mol. The highest BCUT2D eigenvalue weighted by Gasteiger charge is 2.22. The summed E-state index contributed by atoms with van der Waals surface area (Å²) in [6.45, 7) is 4.25. The van der Waals surface area contributed by atoms with E-state index in [9.17, 15) is 4.79 Å². The van der Waals surface area contributed by atoms with Crippen LogP contribution in [0, 0.1) is 0 Å². The Morgan fingerprint density at radius 3 is 2.72 bits per heavy atom. The van der Waals surface area contributed by atoms with Crippen LogP contribution in [0.3, 0.4) is 0 Å². The number of aromatic nitrogens is 4. The van der Waals surface area contributed by atoms with Crippen molar-refractivity contribution in [1.82, 2.24) is 19.8 Å². The number of tetrazole rings is 1. The molecule has 1 aromatic carbocycles. The fourth-order valence-electron chi connectivity index (χ4n) is 3.03. The Bertz CT molecular complexity index is 897. The number of benzene rings is 1. The Balaban J connectivity index is 1.40. The van der Waals surface area contributed by atoms with Crippen molar-refractivity contribution < 1.29 is 4.90 Å². The summed E-state index contributed by atoms with van der Waals surface area (Å²) >= 11 is 7.55. The first-order chi connectivity index (χ1) is 12.2. The van der Waals surface area contributed by atoms with Crippen molar-refractivity contribution in [2.75, 3.05) is 31.1 Å². The van der Waals surface area contributed by atoms with E-state index in [0.717, 1.165) is 41.9 Å². The van der Waals surface area contributed by atoms with E-state index in [2.05, 4.69) is 21.4 Å². The molecular weight excluding hydrogens is 360 g/mol. The smallest absolute Gasteiger partial charge is 0.360 e. The van der Waals surface area contributed by atoms with Crippen molar-refractivity contribution in [2.24, 2.45) is 0 Å². The Morgan fingerprint density at radius 1 is 1.16 bits per heavy atom. The summed E-state index contributed by atoms with van der Waals surface area (Å²) in [6.07, 6.45) is 0. The van der Waals surface area contributed by atoms with Gasteiger partial charge in [0.15, 0.2) is 6.67 Å². The second-order valence-electron chi connectivity index (χ2n) is 6.00. The number of thiophene rings is 1. The van der Waals surface area contributed by atoms with E-state index in [1.807, 2.05) is 35.7 Å². The molecule has 9 heteroatoms. The molecule has 1 fully saturated rings. The third-order valence-corrected chi connectivity index (χ3v) is 5.45. The van der Waals surface area contributed by atoms with Crippen molar-refractivity contribution >= 4 is 28.6 Å². The number of piperazine rings is 1. The largest absolute Gasteiger partial charge is 0.374 e. The Morgan fingerprint density at radius 2 is 2.00 bits per heavy atom. The lowest BCUT2D eigenvalue weighted by Crippen LogP contribution is -3.14. The monoisotopic (exact) mass is 377 g/mol. The molecule has 3 heterocycles. The zero-order chi connectivity index (χ0) is 17.2. The van der Waals surface area contributed by atoms with E-state index in [4.69, 9.17) is 11.6 Å². The highest BCUT2D eigenvalue weighted by Crippen LogP contribution is 2.19. The molecule has 0 bridgehead atoms. The van der Waals surface area contributed by atoms with Gasteiger partial charge in [0.2, 0.25) is 0 Å². The van der Waals surface area contributed by atoms with Crippen molar-refractivity contribution in [3.05, 3.63) is 57.3 Å². The van der Waals surface area contributed by atoms with Crippen LogP contribution < -0.4 is 15.5 Å². The number of rotatable bonds is 4. The first-order valence-electron chi connectivity index (χ1n) is 8.11. The molecule has 0 radical (unpaired) electrons. The van der Waals surface area contributed by atoms with Crippen LogP contribution in [0.15, 0.2) is 46.6 Å². The van der Waals surface area contributed by atoms with Gasteiger partial charge in [-0.05, 0) is 46.1 Å². The van der Waals surface area contributed by atoms with Crippen LogP contribution in [0.25, 0.3) is 5.00 Å². The Kier molecular flexibility index (Phi) is 4.56. The molecule has 0 amide bonds. The summed E-state index contributed by atoms with van der Waals surface area (Å²) < 4.78 is 2.80. The SMILES string of the molecule is O=c1n(C[NH+]2CCN(c3cccc(Cl)c3)CC2)nnn1-c1cccs1. The molecule has 0 saturated carbocycles. The minimum absolute atomic E-state index is 0.188. The minimum atomic E-state index is -0.188. The van der Waals surface area contributed by atoms with Gasteiger partial charge in [0.1, 0.15) is 5.00 Å². The van der Waals surface area contributed by atoms with Gasteiger partial charge in [-0.1, -0.05) is 17.7 Å². The van der Waals surface area contributed by atoms with E-state index >= 15 is 0 Å². The van der Waals surface area contributed by atoms with Gasteiger partial charge in [0.05, 0.1) is 26.2 Å². The molecular formula is C16H18ClN6OS+. The number of quaternary nitrogens is 1. The highest BCUT2D eigenvalue weighted by atomic mass is 35.5. The van der Waals surface area contributed by atoms with Crippen LogP contribution in [-0.4, -0.2) is 46.0 Å². The van der Waals surface area contributed by atoms with E-state index < -0.39 is 0 Å². The van der Waals surface area contributed by atoms with Gasteiger partial charge < -0.3 is 9.80 Å². The van der Waals surface area contributed by atoms with Crippen molar-refractivity contribution in [3.8, 4) is 5.00 Å². The van der Waals surface area contributed by atoms with Gasteiger partial charge in [-0.3, -0.25) is 0 Å². The lowest BCUT2D eigenvalue weighted by molar-refractivity contribution is -0.924. The number of hydrogen-bond donors (Lipinski definition) is 1. The number of anilines is 1. The van der Waals surface area contributed by atoms with Gasteiger partial charge in [-0.25, -0.2) is 4.79 Å². The number of nitrogens with one attached hydrogen (secondary N) is 1. The van der Waals surface area contributed by atoms with Crippen LogP contribution in [0.5, 0.6) is 0 Å². The van der Waals surface area contributed by atoms with Gasteiger partial charge in [-0.15, -0.1) is 20.7 Å². The van der Waals surface area contributed by atoms with Crippen molar-refractivity contribution in [1.29, 1.82) is 0 Å². The lowest BCUT2D eigenvalue weighted by Gasteiger charge is -2.33. The average Bonchev–Trinajstić information content (AvgIpc) is 3.26. The Labute approximate surface area is 153 Å². The molecule has 1 aliphatic rings. The molecule has 0 spiro atoms. The summed E-state index contributed by atoms with van der Waals surface area (Å²) in [4.78, 5) is 16.1.